The molecule has 0 bridgehead atoms. The summed E-state index contributed by atoms with van der Waals surface area (Å²) in [6.07, 6.45) is 4.03. The van der Waals surface area contributed by atoms with Crippen molar-refractivity contribution in [1.29, 1.82) is 0 Å². The fraction of sp³-hybridized carbons (Fsp3) is 0.450. The van der Waals surface area contributed by atoms with Crippen LogP contribution in [-0.2, 0) is 4.79 Å². The van der Waals surface area contributed by atoms with Crippen LogP contribution < -0.4 is 4.90 Å². The van der Waals surface area contributed by atoms with E-state index in [0.29, 0.717) is 27.6 Å². The molecule has 3 heterocycles. The maximum atomic E-state index is 13.0. The maximum absolute atomic E-state index is 13.0. The average molecular weight is 452 g/mol. The van der Waals surface area contributed by atoms with E-state index in [0.717, 1.165) is 31.0 Å². The molecule has 1 atom stereocenters. The molecule has 0 aliphatic carbocycles. The van der Waals surface area contributed by atoms with Gasteiger partial charge in [0.05, 0.1) is 11.9 Å². The lowest BCUT2D eigenvalue weighted by molar-refractivity contribution is -0.119. The minimum Gasteiger partial charge on any atom is -0.297 e. The molecule has 0 N–H and O–H groups in total. The first-order valence-electron chi connectivity index (χ1n) is 9.62. The summed E-state index contributed by atoms with van der Waals surface area (Å²) in [6, 6.07) is 4.79. The van der Waals surface area contributed by atoms with Crippen molar-refractivity contribution in [3.05, 3.63) is 34.4 Å². The van der Waals surface area contributed by atoms with Crippen LogP contribution >= 0.6 is 35.1 Å². The first kappa shape index (κ1) is 20.7. The predicted octanol–water partition coefficient (Wildman–Crippen LogP) is 5.24. The highest BCUT2D eigenvalue weighted by Gasteiger charge is 2.39. The highest BCUT2D eigenvalue weighted by molar-refractivity contribution is 7.97. The van der Waals surface area contributed by atoms with E-state index in [1.807, 2.05) is 24.7 Å². The number of nitrogens with zero attached hydrogens (tertiary/aromatic N) is 5. The van der Waals surface area contributed by atoms with Crippen molar-refractivity contribution >= 4 is 58.4 Å². The molecule has 0 spiro atoms. The number of rotatable bonds is 4. The zero-order valence-electron chi connectivity index (χ0n) is 16.6. The predicted molar refractivity (Wildman–Crippen MR) is 120 cm³/mol. The quantitative estimate of drug-likeness (QED) is 0.470. The van der Waals surface area contributed by atoms with Gasteiger partial charge in [0, 0.05) is 35.9 Å². The van der Waals surface area contributed by atoms with Crippen molar-refractivity contribution in [2.24, 2.45) is 10.9 Å². The lowest BCUT2D eigenvalue weighted by atomic mass is 9.94. The Kier molecular flexibility index (Phi) is 5.93. The monoisotopic (exact) mass is 451 g/mol. The Balaban J connectivity index is 1.55. The topological polar surface area (TPSA) is 53.7 Å². The van der Waals surface area contributed by atoms with Gasteiger partial charge in [0.2, 0.25) is 5.95 Å². The number of hydrogen-bond acceptors (Lipinski definition) is 5. The van der Waals surface area contributed by atoms with Gasteiger partial charge >= 0.3 is 0 Å². The van der Waals surface area contributed by atoms with E-state index in [4.69, 9.17) is 23.2 Å². The van der Waals surface area contributed by atoms with Crippen LogP contribution in [0.2, 0.25) is 10.0 Å². The highest BCUT2D eigenvalue weighted by Crippen LogP contribution is 2.42. The Morgan fingerprint density at radius 2 is 1.86 bits per heavy atom. The standard InChI is InChI=1S/C20H23Cl2N5OS/c1-12(23-3)14-4-6-25(7-5-14)29-18-11-24-20-26(18)13(2)19(28)27(20)17-9-15(21)8-16(22)10-17/h8-11,13-14H,4-7H2,1-3H3. The van der Waals surface area contributed by atoms with Gasteiger partial charge in [-0.05, 0) is 62.8 Å². The van der Waals surface area contributed by atoms with E-state index >= 15 is 0 Å². The van der Waals surface area contributed by atoms with E-state index < -0.39 is 0 Å². The second-order valence-corrected chi connectivity index (χ2v) is 9.39. The Hall–Kier alpha value is -1.54. The molecular formula is C20H23Cl2N5OS. The van der Waals surface area contributed by atoms with Crippen molar-refractivity contribution < 1.29 is 4.79 Å². The van der Waals surface area contributed by atoms with Crippen molar-refractivity contribution in [3.8, 4) is 0 Å². The molecule has 4 rings (SSSR count). The van der Waals surface area contributed by atoms with E-state index in [1.165, 1.54) is 5.71 Å². The zero-order valence-corrected chi connectivity index (χ0v) is 18.9. The summed E-state index contributed by atoms with van der Waals surface area (Å²) in [5.74, 6) is 1.13. The molecule has 1 aromatic heterocycles. The van der Waals surface area contributed by atoms with Crippen LogP contribution in [0.3, 0.4) is 0 Å². The average Bonchev–Trinajstić information content (AvgIpc) is 3.20. The molecule has 154 valence electrons. The molecular weight excluding hydrogens is 429 g/mol. The summed E-state index contributed by atoms with van der Waals surface area (Å²) in [5, 5.41) is 1.94. The Labute approximate surface area is 185 Å². The molecule has 1 aromatic carbocycles. The SMILES string of the molecule is CN=C(C)C1CCN(Sc2cnc3n2C(C)C(=O)N3c2cc(Cl)cc(Cl)c2)CC1. The van der Waals surface area contributed by atoms with Gasteiger partial charge in [-0.3, -0.25) is 14.4 Å². The Morgan fingerprint density at radius 3 is 2.48 bits per heavy atom. The minimum absolute atomic E-state index is 0.0400. The summed E-state index contributed by atoms with van der Waals surface area (Å²) < 4.78 is 4.34. The molecule has 1 unspecified atom stereocenters. The van der Waals surface area contributed by atoms with Gasteiger partial charge < -0.3 is 0 Å². The minimum atomic E-state index is -0.334. The number of benzene rings is 1. The number of carbonyl (C=O) groups is 1. The third-order valence-corrected chi connectivity index (χ3v) is 7.18. The first-order valence-corrected chi connectivity index (χ1v) is 11.2. The van der Waals surface area contributed by atoms with E-state index in [1.54, 1.807) is 35.0 Å². The summed E-state index contributed by atoms with van der Waals surface area (Å²) >= 11 is 14.0. The molecule has 6 nitrogen and oxygen atoms in total. The van der Waals surface area contributed by atoms with Crippen LogP contribution in [0.1, 0.15) is 32.7 Å². The van der Waals surface area contributed by atoms with Crippen LogP contribution in [0.4, 0.5) is 11.6 Å². The molecule has 0 saturated carbocycles. The fourth-order valence-electron chi connectivity index (χ4n) is 3.92. The van der Waals surface area contributed by atoms with Crippen LogP contribution in [0.15, 0.2) is 34.4 Å². The molecule has 29 heavy (non-hydrogen) atoms. The lowest BCUT2D eigenvalue weighted by Crippen LogP contribution is -2.31. The lowest BCUT2D eigenvalue weighted by Gasteiger charge is -2.30. The third-order valence-electron chi connectivity index (χ3n) is 5.63. The molecule has 9 heteroatoms. The number of aliphatic imine (C=N–C) groups is 1. The number of hydrogen-bond donors (Lipinski definition) is 0. The second-order valence-electron chi connectivity index (χ2n) is 7.40. The van der Waals surface area contributed by atoms with Crippen molar-refractivity contribution in [1.82, 2.24) is 13.9 Å². The van der Waals surface area contributed by atoms with Gasteiger partial charge in [0.1, 0.15) is 11.1 Å². The largest absolute Gasteiger partial charge is 0.297 e. The van der Waals surface area contributed by atoms with Gasteiger partial charge in [-0.25, -0.2) is 14.2 Å². The number of anilines is 2. The van der Waals surface area contributed by atoms with Crippen LogP contribution in [0, 0.1) is 5.92 Å². The molecule has 1 amide bonds. The maximum Gasteiger partial charge on any atom is 0.256 e. The Bertz CT molecular complexity index is 948. The Morgan fingerprint density at radius 1 is 1.21 bits per heavy atom. The van der Waals surface area contributed by atoms with Gasteiger partial charge in [-0.1, -0.05) is 23.2 Å². The van der Waals surface area contributed by atoms with Gasteiger partial charge in [0.15, 0.2) is 0 Å². The number of aromatic nitrogens is 2. The highest BCUT2D eigenvalue weighted by atomic mass is 35.5. The van der Waals surface area contributed by atoms with E-state index in [9.17, 15) is 4.79 Å². The number of imidazole rings is 1. The summed E-state index contributed by atoms with van der Waals surface area (Å²) in [6.45, 7) is 5.98. The van der Waals surface area contributed by atoms with E-state index in [-0.39, 0.29) is 11.9 Å². The molecule has 2 aromatic rings. The van der Waals surface area contributed by atoms with Crippen molar-refractivity contribution in [2.75, 3.05) is 25.0 Å². The fourth-order valence-corrected chi connectivity index (χ4v) is 5.52. The molecule has 2 aliphatic heterocycles. The smallest absolute Gasteiger partial charge is 0.256 e. The van der Waals surface area contributed by atoms with Crippen LogP contribution in [-0.4, -0.2) is 45.6 Å². The second kappa shape index (κ2) is 8.30. The van der Waals surface area contributed by atoms with Gasteiger partial charge in [0.25, 0.3) is 5.91 Å². The number of carbonyl (C=O) groups excluding carboxylic acids is 1. The number of halogens is 2. The number of fused-ring (bicyclic) bond motifs is 1. The zero-order chi connectivity index (χ0) is 20.7. The van der Waals surface area contributed by atoms with Gasteiger partial charge in [-0.15, -0.1) is 0 Å². The normalized spacial score (nSPS) is 21.1. The molecule has 1 fully saturated rings. The third kappa shape index (κ3) is 3.93. The molecule has 2 aliphatic rings. The molecule has 0 radical (unpaired) electrons. The number of piperidine rings is 1. The van der Waals surface area contributed by atoms with Crippen molar-refractivity contribution in [2.45, 2.75) is 37.8 Å². The van der Waals surface area contributed by atoms with Crippen LogP contribution in [0.25, 0.3) is 0 Å². The summed E-state index contributed by atoms with van der Waals surface area (Å²) in [7, 11) is 1.86. The summed E-state index contributed by atoms with van der Waals surface area (Å²) in [4.78, 5) is 23.5. The molecule has 1 saturated heterocycles. The van der Waals surface area contributed by atoms with E-state index in [2.05, 4.69) is 21.2 Å². The first-order chi connectivity index (χ1) is 13.9. The van der Waals surface area contributed by atoms with Crippen LogP contribution in [0.5, 0.6) is 0 Å². The van der Waals surface area contributed by atoms with Crippen molar-refractivity contribution in [3.63, 3.8) is 0 Å². The number of amides is 1. The summed E-state index contributed by atoms with van der Waals surface area (Å²) in [5.41, 5.74) is 1.87. The van der Waals surface area contributed by atoms with Gasteiger partial charge in [-0.2, -0.15) is 0 Å².